The standard InChI is InChI=1S/C9H16N2/c1-5-4-8(7(3)10)9(11)6(5)2/h7-8H,1,4,10-11H2,2-3H3. The zero-order valence-corrected chi connectivity index (χ0v) is 7.22. The summed E-state index contributed by atoms with van der Waals surface area (Å²) in [5, 5.41) is 0. The minimum Gasteiger partial charge on any atom is -0.402 e. The Morgan fingerprint density at radius 3 is 2.36 bits per heavy atom. The number of allylic oxidation sites excluding steroid dienone is 2. The van der Waals surface area contributed by atoms with Crippen LogP contribution in [0.25, 0.3) is 0 Å². The number of nitrogens with two attached hydrogens (primary N) is 2. The monoisotopic (exact) mass is 152 g/mol. The molecule has 1 aliphatic carbocycles. The Kier molecular flexibility index (Phi) is 2.05. The van der Waals surface area contributed by atoms with E-state index in [4.69, 9.17) is 11.5 Å². The number of hydrogen-bond acceptors (Lipinski definition) is 2. The van der Waals surface area contributed by atoms with Crippen LogP contribution in [0.4, 0.5) is 0 Å². The average Bonchev–Trinajstić information content (AvgIpc) is 2.17. The summed E-state index contributed by atoms with van der Waals surface area (Å²) >= 11 is 0. The van der Waals surface area contributed by atoms with E-state index in [-0.39, 0.29) is 6.04 Å². The second-order valence-corrected chi connectivity index (χ2v) is 3.35. The Bertz CT molecular complexity index is 214. The van der Waals surface area contributed by atoms with E-state index in [1.807, 2.05) is 13.8 Å². The van der Waals surface area contributed by atoms with Crippen LogP contribution in [0.15, 0.2) is 23.4 Å². The van der Waals surface area contributed by atoms with Crippen molar-refractivity contribution in [1.29, 1.82) is 0 Å². The lowest BCUT2D eigenvalue weighted by Crippen LogP contribution is -2.28. The van der Waals surface area contributed by atoms with E-state index >= 15 is 0 Å². The van der Waals surface area contributed by atoms with Crippen molar-refractivity contribution in [3.8, 4) is 0 Å². The SMILES string of the molecule is C=C1CC(C(C)N)C(N)=C1C. The molecule has 0 aromatic heterocycles. The van der Waals surface area contributed by atoms with Crippen molar-refractivity contribution in [2.24, 2.45) is 17.4 Å². The summed E-state index contributed by atoms with van der Waals surface area (Å²) in [6, 6.07) is 0.143. The van der Waals surface area contributed by atoms with Gasteiger partial charge in [0.05, 0.1) is 0 Å². The Morgan fingerprint density at radius 2 is 2.18 bits per heavy atom. The van der Waals surface area contributed by atoms with Crippen molar-refractivity contribution < 1.29 is 0 Å². The molecule has 4 N–H and O–H groups in total. The van der Waals surface area contributed by atoms with E-state index in [2.05, 4.69) is 6.58 Å². The molecule has 1 rings (SSSR count). The molecular weight excluding hydrogens is 136 g/mol. The molecule has 0 aliphatic heterocycles. The highest BCUT2D eigenvalue weighted by Crippen LogP contribution is 2.33. The zero-order chi connectivity index (χ0) is 8.59. The van der Waals surface area contributed by atoms with Crippen molar-refractivity contribution in [3.63, 3.8) is 0 Å². The van der Waals surface area contributed by atoms with Crippen molar-refractivity contribution in [2.45, 2.75) is 26.3 Å². The van der Waals surface area contributed by atoms with Crippen molar-refractivity contribution in [1.82, 2.24) is 0 Å². The van der Waals surface area contributed by atoms with Crippen LogP contribution in [0.2, 0.25) is 0 Å². The second-order valence-electron chi connectivity index (χ2n) is 3.35. The molecule has 62 valence electrons. The third-order valence-corrected chi connectivity index (χ3v) is 2.46. The van der Waals surface area contributed by atoms with Gasteiger partial charge in [-0.1, -0.05) is 6.58 Å². The highest BCUT2D eigenvalue weighted by molar-refractivity contribution is 5.39. The topological polar surface area (TPSA) is 52.0 Å². The second kappa shape index (κ2) is 2.70. The lowest BCUT2D eigenvalue weighted by atomic mass is 9.99. The predicted octanol–water partition coefficient (Wildman–Crippen LogP) is 1.14. The summed E-state index contributed by atoms with van der Waals surface area (Å²) in [4.78, 5) is 0. The molecule has 0 saturated heterocycles. The predicted molar refractivity (Wildman–Crippen MR) is 47.8 cm³/mol. The van der Waals surface area contributed by atoms with Gasteiger partial charge in [-0.25, -0.2) is 0 Å². The molecule has 0 saturated carbocycles. The molecule has 0 amide bonds. The maximum Gasteiger partial charge on any atom is 0.0176 e. The van der Waals surface area contributed by atoms with E-state index in [1.165, 1.54) is 0 Å². The Morgan fingerprint density at radius 1 is 1.64 bits per heavy atom. The van der Waals surface area contributed by atoms with Gasteiger partial charge in [0.25, 0.3) is 0 Å². The van der Waals surface area contributed by atoms with Crippen LogP contribution in [0, 0.1) is 5.92 Å². The molecule has 11 heavy (non-hydrogen) atoms. The molecule has 2 nitrogen and oxygen atoms in total. The summed E-state index contributed by atoms with van der Waals surface area (Å²) in [5.74, 6) is 0.322. The lowest BCUT2D eigenvalue weighted by Gasteiger charge is -2.14. The van der Waals surface area contributed by atoms with Crippen LogP contribution in [0.1, 0.15) is 20.3 Å². The van der Waals surface area contributed by atoms with E-state index in [9.17, 15) is 0 Å². The Hall–Kier alpha value is -0.760. The average molecular weight is 152 g/mol. The quantitative estimate of drug-likeness (QED) is 0.592. The highest BCUT2D eigenvalue weighted by atomic mass is 14.7. The van der Waals surface area contributed by atoms with Gasteiger partial charge in [-0.15, -0.1) is 0 Å². The maximum absolute atomic E-state index is 5.85. The van der Waals surface area contributed by atoms with Crippen molar-refractivity contribution in [3.05, 3.63) is 23.4 Å². The van der Waals surface area contributed by atoms with Crippen LogP contribution in [-0.2, 0) is 0 Å². The van der Waals surface area contributed by atoms with Crippen LogP contribution in [0.5, 0.6) is 0 Å². The first-order valence-corrected chi connectivity index (χ1v) is 3.94. The van der Waals surface area contributed by atoms with Crippen LogP contribution in [0.3, 0.4) is 0 Å². The fraction of sp³-hybridized carbons (Fsp3) is 0.556. The van der Waals surface area contributed by atoms with Crippen LogP contribution in [-0.4, -0.2) is 6.04 Å². The molecule has 0 heterocycles. The third-order valence-electron chi connectivity index (χ3n) is 2.46. The third kappa shape index (κ3) is 1.31. The fourth-order valence-corrected chi connectivity index (χ4v) is 1.48. The van der Waals surface area contributed by atoms with Gasteiger partial charge in [0, 0.05) is 17.7 Å². The number of rotatable bonds is 1. The number of hydrogen-bond donors (Lipinski definition) is 2. The molecule has 0 fully saturated rings. The molecule has 2 heteroatoms. The molecule has 0 radical (unpaired) electrons. The van der Waals surface area contributed by atoms with E-state index in [0.717, 1.165) is 23.3 Å². The molecule has 0 bridgehead atoms. The zero-order valence-electron chi connectivity index (χ0n) is 7.22. The maximum atomic E-state index is 5.85. The smallest absolute Gasteiger partial charge is 0.0176 e. The first kappa shape index (κ1) is 8.34. The summed E-state index contributed by atoms with van der Waals surface area (Å²) in [7, 11) is 0. The molecule has 0 aromatic rings. The Balaban J connectivity index is 2.86. The molecule has 2 atom stereocenters. The summed E-state index contributed by atoms with van der Waals surface area (Å²) in [6.45, 7) is 7.93. The van der Waals surface area contributed by atoms with E-state index in [0.29, 0.717) is 5.92 Å². The van der Waals surface area contributed by atoms with Crippen LogP contribution >= 0.6 is 0 Å². The van der Waals surface area contributed by atoms with Gasteiger partial charge in [-0.2, -0.15) is 0 Å². The molecule has 1 aliphatic rings. The summed E-state index contributed by atoms with van der Waals surface area (Å²) in [5.41, 5.74) is 14.8. The van der Waals surface area contributed by atoms with Gasteiger partial charge in [-0.3, -0.25) is 0 Å². The first-order valence-electron chi connectivity index (χ1n) is 3.94. The van der Waals surface area contributed by atoms with Gasteiger partial charge < -0.3 is 11.5 Å². The van der Waals surface area contributed by atoms with Crippen molar-refractivity contribution in [2.75, 3.05) is 0 Å². The normalized spacial score (nSPS) is 27.9. The molecule has 2 unspecified atom stereocenters. The summed E-state index contributed by atoms with van der Waals surface area (Å²) < 4.78 is 0. The largest absolute Gasteiger partial charge is 0.402 e. The molecule has 0 aromatic carbocycles. The first-order chi connectivity index (χ1) is 5.04. The molecule has 0 spiro atoms. The minimum absolute atomic E-state index is 0.143. The minimum atomic E-state index is 0.143. The van der Waals surface area contributed by atoms with Crippen molar-refractivity contribution >= 4 is 0 Å². The summed E-state index contributed by atoms with van der Waals surface area (Å²) in [6.07, 6.45) is 0.940. The van der Waals surface area contributed by atoms with Gasteiger partial charge >= 0.3 is 0 Å². The van der Waals surface area contributed by atoms with Gasteiger partial charge in [-0.05, 0) is 31.4 Å². The lowest BCUT2D eigenvalue weighted by molar-refractivity contribution is 0.521. The van der Waals surface area contributed by atoms with E-state index < -0.39 is 0 Å². The van der Waals surface area contributed by atoms with E-state index in [1.54, 1.807) is 0 Å². The van der Waals surface area contributed by atoms with Gasteiger partial charge in [0.1, 0.15) is 0 Å². The van der Waals surface area contributed by atoms with Gasteiger partial charge in [0.2, 0.25) is 0 Å². The van der Waals surface area contributed by atoms with Gasteiger partial charge in [0.15, 0.2) is 0 Å². The molecular formula is C9H16N2. The highest BCUT2D eigenvalue weighted by Gasteiger charge is 2.26. The Labute approximate surface area is 68.0 Å². The fourth-order valence-electron chi connectivity index (χ4n) is 1.48. The van der Waals surface area contributed by atoms with Crippen LogP contribution < -0.4 is 11.5 Å².